The molecule has 2 fully saturated rings. The predicted octanol–water partition coefficient (Wildman–Crippen LogP) is 3.58. The molecule has 0 radical (unpaired) electrons. The number of benzene rings is 1. The highest BCUT2D eigenvalue weighted by atomic mass is 32.1. The van der Waals surface area contributed by atoms with E-state index in [1.165, 1.54) is 11.3 Å². The van der Waals surface area contributed by atoms with Crippen molar-refractivity contribution in [2.75, 3.05) is 17.2 Å². The first-order valence-electron chi connectivity index (χ1n) is 10.4. The standard InChI is InChI=1S/C22H24N4O4S/c27-18(10-13-26-20(29)22(25-21(26)30)11-2-1-3-12-22)23-15-6-8-16(9-7-15)24-19(28)17-5-4-14-31-17/h4-9,14H,1-3,10-13H2,(H,23,27)(H,24,28)(H,25,30). The fourth-order valence-corrected chi connectivity index (χ4v) is 4.67. The molecule has 2 aromatic rings. The van der Waals surface area contributed by atoms with Gasteiger partial charge in [-0.05, 0) is 48.6 Å². The minimum atomic E-state index is -0.769. The third-order valence-corrected chi connectivity index (χ3v) is 6.56. The number of amides is 5. The number of thiophene rings is 1. The van der Waals surface area contributed by atoms with E-state index in [2.05, 4.69) is 16.0 Å². The molecule has 0 atom stereocenters. The molecule has 3 N–H and O–H groups in total. The Kier molecular flexibility index (Phi) is 6.03. The SMILES string of the molecule is O=C(CCN1C(=O)NC2(CCCCC2)C1=O)Nc1ccc(NC(=O)c2cccs2)cc1. The lowest BCUT2D eigenvalue weighted by Gasteiger charge is -2.30. The summed E-state index contributed by atoms with van der Waals surface area (Å²) in [6.45, 7) is 0.0488. The maximum atomic E-state index is 12.8. The summed E-state index contributed by atoms with van der Waals surface area (Å²) in [6, 6.07) is 9.92. The lowest BCUT2D eigenvalue weighted by atomic mass is 9.82. The van der Waals surface area contributed by atoms with Crippen LogP contribution in [0.3, 0.4) is 0 Å². The van der Waals surface area contributed by atoms with Gasteiger partial charge in [0, 0.05) is 24.3 Å². The number of hydrogen-bond donors (Lipinski definition) is 3. The van der Waals surface area contributed by atoms with Crippen LogP contribution < -0.4 is 16.0 Å². The number of urea groups is 1. The Morgan fingerprint density at radius 3 is 2.32 bits per heavy atom. The maximum absolute atomic E-state index is 12.8. The summed E-state index contributed by atoms with van der Waals surface area (Å²) in [7, 11) is 0. The van der Waals surface area contributed by atoms with Crippen molar-refractivity contribution in [3.05, 3.63) is 46.7 Å². The molecule has 31 heavy (non-hydrogen) atoms. The molecular formula is C22H24N4O4S. The van der Waals surface area contributed by atoms with E-state index in [9.17, 15) is 19.2 Å². The van der Waals surface area contributed by atoms with E-state index in [4.69, 9.17) is 0 Å². The van der Waals surface area contributed by atoms with Gasteiger partial charge in [0.05, 0.1) is 4.88 Å². The Hall–Kier alpha value is -3.20. The van der Waals surface area contributed by atoms with Gasteiger partial charge in [0.2, 0.25) is 5.91 Å². The van der Waals surface area contributed by atoms with Crippen molar-refractivity contribution in [3.63, 3.8) is 0 Å². The number of nitrogens with one attached hydrogen (secondary N) is 3. The lowest BCUT2D eigenvalue weighted by Crippen LogP contribution is -2.48. The molecule has 0 bridgehead atoms. The minimum absolute atomic E-state index is 0.0199. The summed E-state index contributed by atoms with van der Waals surface area (Å²) in [4.78, 5) is 51.2. The van der Waals surface area contributed by atoms with Crippen LogP contribution in [0.2, 0.25) is 0 Å². The monoisotopic (exact) mass is 440 g/mol. The minimum Gasteiger partial charge on any atom is -0.326 e. The second-order valence-corrected chi connectivity index (χ2v) is 8.78. The van der Waals surface area contributed by atoms with Crippen LogP contribution in [0.5, 0.6) is 0 Å². The molecule has 8 nitrogen and oxygen atoms in total. The van der Waals surface area contributed by atoms with Gasteiger partial charge in [0.1, 0.15) is 5.54 Å². The quantitative estimate of drug-likeness (QED) is 0.597. The van der Waals surface area contributed by atoms with Crippen LogP contribution in [0.1, 0.15) is 48.2 Å². The van der Waals surface area contributed by atoms with Crippen molar-refractivity contribution in [3.8, 4) is 0 Å². The molecule has 0 unspecified atom stereocenters. The maximum Gasteiger partial charge on any atom is 0.325 e. The van der Waals surface area contributed by atoms with Crippen LogP contribution in [0.25, 0.3) is 0 Å². The van der Waals surface area contributed by atoms with E-state index in [-0.39, 0.29) is 30.7 Å². The summed E-state index contributed by atoms with van der Waals surface area (Å²) < 4.78 is 0. The lowest BCUT2D eigenvalue weighted by molar-refractivity contribution is -0.132. The molecule has 9 heteroatoms. The number of imide groups is 1. The van der Waals surface area contributed by atoms with Gasteiger partial charge in [0.15, 0.2) is 0 Å². The van der Waals surface area contributed by atoms with Crippen LogP contribution in [0.15, 0.2) is 41.8 Å². The highest BCUT2D eigenvalue weighted by molar-refractivity contribution is 7.12. The third kappa shape index (κ3) is 4.61. The van der Waals surface area contributed by atoms with Crippen LogP contribution in [-0.2, 0) is 9.59 Å². The van der Waals surface area contributed by atoms with E-state index in [0.29, 0.717) is 29.1 Å². The first-order valence-corrected chi connectivity index (χ1v) is 11.2. The van der Waals surface area contributed by atoms with Gasteiger partial charge in [-0.25, -0.2) is 4.79 Å². The van der Waals surface area contributed by atoms with Gasteiger partial charge in [-0.2, -0.15) is 0 Å². The van der Waals surface area contributed by atoms with Crippen LogP contribution in [0, 0.1) is 0 Å². The Morgan fingerprint density at radius 1 is 1.00 bits per heavy atom. The second kappa shape index (κ2) is 8.89. The number of rotatable bonds is 6. The van der Waals surface area contributed by atoms with Gasteiger partial charge in [-0.1, -0.05) is 25.3 Å². The van der Waals surface area contributed by atoms with E-state index in [1.54, 1.807) is 30.3 Å². The summed E-state index contributed by atoms with van der Waals surface area (Å²) in [5.74, 6) is -0.688. The second-order valence-electron chi connectivity index (χ2n) is 7.84. The molecule has 1 saturated heterocycles. The molecular weight excluding hydrogens is 416 g/mol. The predicted molar refractivity (Wildman–Crippen MR) is 118 cm³/mol. The van der Waals surface area contributed by atoms with Gasteiger partial charge >= 0.3 is 6.03 Å². The highest BCUT2D eigenvalue weighted by Crippen LogP contribution is 2.33. The fraction of sp³-hybridized carbons (Fsp3) is 0.364. The average Bonchev–Trinajstić information content (AvgIpc) is 3.37. The molecule has 4 rings (SSSR count). The van der Waals surface area contributed by atoms with Crippen LogP contribution in [0.4, 0.5) is 16.2 Å². The summed E-state index contributed by atoms with van der Waals surface area (Å²) in [5.41, 5.74) is 0.420. The smallest absolute Gasteiger partial charge is 0.325 e. The zero-order chi connectivity index (χ0) is 21.8. The Balaban J connectivity index is 1.27. The zero-order valence-electron chi connectivity index (χ0n) is 17.0. The molecule has 1 aromatic carbocycles. The van der Waals surface area contributed by atoms with E-state index >= 15 is 0 Å². The zero-order valence-corrected chi connectivity index (χ0v) is 17.8. The van der Waals surface area contributed by atoms with Gasteiger partial charge < -0.3 is 16.0 Å². The molecule has 1 saturated carbocycles. The average molecular weight is 441 g/mol. The molecule has 2 aliphatic rings. The molecule has 1 aromatic heterocycles. The van der Waals surface area contributed by atoms with Crippen molar-refractivity contribution in [2.45, 2.75) is 44.1 Å². The third-order valence-electron chi connectivity index (χ3n) is 5.69. The Bertz CT molecular complexity index is 981. The number of hydrogen-bond acceptors (Lipinski definition) is 5. The molecule has 2 heterocycles. The van der Waals surface area contributed by atoms with Crippen molar-refractivity contribution < 1.29 is 19.2 Å². The molecule has 1 aliphatic carbocycles. The van der Waals surface area contributed by atoms with Crippen molar-refractivity contribution >= 4 is 46.5 Å². The Labute approximate surface area is 184 Å². The van der Waals surface area contributed by atoms with E-state index < -0.39 is 11.6 Å². The van der Waals surface area contributed by atoms with E-state index in [0.717, 1.165) is 24.2 Å². The normalized spacial score (nSPS) is 17.5. The number of anilines is 2. The first-order chi connectivity index (χ1) is 15.0. The highest BCUT2D eigenvalue weighted by Gasteiger charge is 2.51. The van der Waals surface area contributed by atoms with Crippen molar-refractivity contribution in [1.29, 1.82) is 0 Å². The van der Waals surface area contributed by atoms with Crippen molar-refractivity contribution in [1.82, 2.24) is 10.2 Å². The van der Waals surface area contributed by atoms with E-state index in [1.807, 2.05) is 11.4 Å². The summed E-state index contributed by atoms with van der Waals surface area (Å²) in [6.07, 6.45) is 4.26. The number of carbonyl (C=O) groups is 4. The fourth-order valence-electron chi connectivity index (χ4n) is 4.05. The van der Waals surface area contributed by atoms with Gasteiger partial charge in [-0.15, -0.1) is 11.3 Å². The number of nitrogens with zero attached hydrogens (tertiary/aromatic N) is 1. The molecule has 5 amide bonds. The molecule has 1 spiro atoms. The largest absolute Gasteiger partial charge is 0.326 e. The van der Waals surface area contributed by atoms with Crippen LogP contribution in [-0.4, -0.2) is 40.7 Å². The Morgan fingerprint density at radius 2 is 1.68 bits per heavy atom. The van der Waals surface area contributed by atoms with Crippen molar-refractivity contribution in [2.24, 2.45) is 0 Å². The summed E-state index contributed by atoms with van der Waals surface area (Å²) >= 11 is 1.36. The van der Waals surface area contributed by atoms with Gasteiger partial charge in [0.25, 0.3) is 11.8 Å². The summed E-state index contributed by atoms with van der Waals surface area (Å²) in [5, 5.41) is 10.2. The van der Waals surface area contributed by atoms with Crippen LogP contribution >= 0.6 is 11.3 Å². The first kappa shape index (κ1) is 21.0. The van der Waals surface area contributed by atoms with Gasteiger partial charge in [-0.3, -0.25) is 19.3 Å². The molecule has 162 valence electrons. The topological polar surface area (TPSA) is 108 Å². The molecule has 1 aliphatic heterocycles. The number of carbonyl (C=O) groups excluding carboxylic acids is 4.